The van der Waals surface area contributed by atoms with Gasteiger partial charge in [-0.2, -0.15) is 0 Å². The lowest BCUT2D eigenvalue weighted by atomic mass is 9.91. The quantitative estimate of drug-likeness (QED) is 0.895. The molecule has 2 rings (SSSR count). The molecular weight excluding hydrogens is 232 g/mol. The number of hydrogen-bond donors (Lipinski definition) is 1. The van der Waals surface area contributed by atoms with Crippen LogP contribution in [0.25, 0.3) is 0 Å². The fourth-order valence-electron chi connectivity index (χ4n) is 3.38. The minimum absolute atomic E-state index is 0.264. The first kappa shape index (κ1) is 14.5. The van der Waals surface area contributed by atoms with Gasteiger partial charge in [-0.1, -0.05) is 43.2 Å². The first-order valence-corrected chi connectivity index (χ1v) is 7.71. The van der Waals surface area contributed by atoms with Crippen LogP contribution < -0.4 is 5.73 Å². The van der Waals surface area contributed by atoms with Gasteiger partial charge in [0, 0.05) is 18.1 Å². The van der Waals surface area contributed by atoms with Crippen LogP contribution in [0.15, 0.2) is 24.3 Å². The van der Waals surface area contributed by atoms with E-state index < -0.39 is 0 Å². The third kappa shape index (κ3) is 3.37. The van der Waals surface area contributed by atoms with E-state index in [2.05, 4.69) is 49.9 Å². The third-order valence-electron chi connectivity index (χ3n) is 4.45. The lowest BCUT2D eigenvalue weighted by Gasteiger charge is -2.43. The molecule has 106 valence electrons. The molecule has 0 aliphatic carbocycles. The van der Waals surface area contributed by atoms with Crippen LogP contribution in [0.1, 0.15) is 56.7 Å². The molecule has 0 spiro atoms. The molecule has 0 radical (unpaired) electrons. The molecule has 1 saturated heterocycles. The second kappa shape index (κ2) is 6.53. The number of nitrogens with zero attached hydrogens (tertiary/aromatic N) is 1. The third-order valence-corrected chi connectivity index (χ3v) is 4.45. The van der Waals surface area contributed by atoms with E-state index in [1.54, 1.807) is 0 Å². The van der Waals surface area contributed by atoms with Crippen molar-refractivity contribution in [1.29, 1.82) is 0 Å². The molecule has 1 aromatic rings. The van der Waals surface area contributed by atoms with Crippen LogP contribution in [0.5, 0.6) is 0 Å². The first-order chi connectivity index (χ1) is 9.13. The van der Waals surface area contributed by atoms with E-state index in [0.29, 0.717) is 12.1 Å². The molecule has 1 heterocycles. The van der Waals surface area contributed by atoms with Gasteiger partial charge >= 0.3 is 0 Å². The minimum Gasteiger partial charge on any atom is -0.327 e. The Balaban J connectivity index is 2.21. The summed E-state index contributed by atoms with van der Waals surface area (Å²) in [6.45, 7) is 7.79. The van der Waals surface area contributed by atoms with E-state index in [0.717, 1.165) is 6.42 Å². The number of likely N-dealkylation sites (tertiary alicyclic amines) is 1. The number of aryl methyl sites for hydroxylation is 1. The van der Waals surface area contributed by atoms with Gasteiger partial charge in [0.1, 0.15) is 0 Å². The average molecular weight is 260 g/mol. The van der Waals surface area contributed by atoms with Gasteiger partial charge in [-0.25, -0.2) is 0 Å². The zero-order valence-electron chi connectivity index (χ0n) is 12.6. The van der Waals surface area contributed by atoms with Gasteiger partial charge in [0.05, 0.1) is 0 Å². The van der Waals surface area contributed by atoms with Gasteiger partial charge in [-0.3, -0.25) is 4.90 Å². The van der Waals surface area contributed by atoms with E-state index in [1.807, 2.05) is 0 Å². The fourth-order valence-corrected chi connectivity index (χ4v) is 3.38. The molecule has 0 saturated carbocycles. The van der Waals surface area contributed by atoms with Gasteiger partial charge < -0.3 is 5.73 Å². The van der Waals surface area contributed by atoms with Crippen molar-refractivity contribution in [2.45, 2.75) is 64.6 Å². The summed E-state index contributed by atoms with van der Waals surface area (Å²) in [7, 11) is 0. The maximum Gasteiger partial charge on any atom is 0.0349 e. The number of benzene rings is 1. The van der Waals surface area contributed by atoms with E-state index in [-0.39, 0.29) is 6.04 Å². The maximum atomic E-state index is 6.21. The zero-order chi connectivity index (χ0) is 13.8. The van der Waals surface area contributed by atoms with Gasteiger partial charge in [-0.15, -0.1) is 0 Å². The number of rotatable bonds is 4. The molecule has 3 atom stereocenters. The predicted octanol–water partition coefficient (Wildman–Crippen LogP) is 3.65. The fraction of sp³-hybridized carbons (Fsp3) is 0.647. The molecule has 1 fully saturated rings. The molecule has 19 heavy (non-hydrogen) atoms. The van der Waals surface area contributed by atoms with Crippen LogP contribution in [0.2, 0.25) is 0 Å². The van der Waals surface area contributed by atoms with Crippen LogP contribution in [-0.4, -0.2) is 23.5 Å². The van der Waals surface area contributed by atoms with Crippen LogP contribution in [0.3, 0.4) is 0 Å². The SMILES string of the molecule is CCC(c1ccc(C)cc1)N1CCCCC1C(C)N. The van der Waals surface area contributed by atoms with Gasteiger partial charge in [0.2, 0.25) is 0 Å². The Morgan fingerprint density at radius 2 is 1.95 bits per heavy atom. The Morgan fingerprint density at radius 1 is 1.26 bits per heavy atom. The summed E-state index contributed by atoms with van der Waals surface area (Å²) >= 11 is 0. The van der Waals surface area contributed by atoms with Crippen molar-refractivity contribution in [2.75, 3.05) is 6.54 Å². The summed E-state index contributed by atoms with van der Waals surface area (Å²) in [5.74, 6) is 0. The van der Waals surface area contributed by atoms with Gasteiger partial charge in [-0.05, 0) is 45.2 Å². The largest absolute Gasteiger partial charge is 0.327 e. The van der Waals surface area contributed by atoms with Gasteiger partial charge in [0.25, 0.3) is 0 Å². The van der Waals surface area contributed by atoms with Crippen molar-refractivity contribution < 1.29 is 0 Å². The Kier molecular flexibility index (Phi) is 5.00. The Labute approximate surface area is 118 Å². The van der Waals surface area contributed by atoms with E-state index >= 15 is 0 Å². The zero-order valence-corrected chi connectivity index (χ0v) is 12.6. The average Bonchev–Trinajstić information content (AvgIpc) is 2.42. The molecule has 0 aromatic heterocycles. The van der Waals surface area contributed by atoms with Crippen molar-refractivity contribution >= 4 is 0 Å². The lowest BCUT2D eigenvalue weighted by molar-refractivity contribution is 0.0783. The Bertz CT molecular complexity index is 383. The second-order valence-electron chi connectivity index (χ2n) is 5.99. The van der Waals surface area contributed by atoms with E-state index in [9.17, 15) is 0 Å². The predicted molar refractivity (Wildman–Crippen MR) is 82.2 cm³/mol. The van der Waals surface area contributed by atoms with Crippen LogP contribution in [0, 0.1) is 6.92 Å². The summed E-state index contributed by atoms with van der Waals surface area (Å²) in [6, 6.07) is 10.4. The summed E-state index contributed by atoms with van der Waals surface area (Å²) in [5.41, 5.74) is 8.99. The molecule has 1 aromatic carbocycles. The van der Waals surface area contributed by atoms with Gasteiger partial charge in [0.15, 0.2) is 0 Å². The van der Waals surface area contributed by atoms with Crippen molar-refractivity contribution in [3.63, 3.8) is 0 Å². The number of piperidine rings is 1. The summed E-state index contributed by atoms with van der Waals surface area (Å²) < 4.78 is 0. The van der Waals surface area contributed by atoms with Crippen LogP contribution in [-0.2, 0) is 0 Å². The second-order valence-corrected chi connectivity index (χ2v) is 5.99. The van der Waals surface area contributed by atoms with Crippen LogP contribution in [0.4, 0.5) is 0 Å². The lowest BCUT2D eigenvalue weighted by Crippen LogP contribution is -2.50. The molecule has 1 aliphatic rings. The molecule has 2 heteroatoms. The van der Waals surface area contributed by atoms with E-state index in [1.165, 1.54) is 36.9 Å². The standard InChI is InChI=1S/C17H28N2/c1-4-16(15-10-8-13(2)9-11-15)19-12-6-5-7-17(19)14(3)18/h8-11,14,16-17H,4-7,12,18H2,1-3H3. The monoisotopic (exact) mass is 260 g/mol. The number of hydrogen-bond acceptors (Lipinski definition) is 2. The molecule has 0 amide bonds. The Morgan fingerprint density at radius 3 is 2.53 bits per heavy atom. The summed E-state index contributed by atoms with van der Waals surface area (Å²) in [5, 5.41) is 0. The van der Waals surface area contributed by atoms with E-state index in [4.69, 9.17) is 5.73 Å². The normalized spacial score (nSPS) is 24.1. The highest BCUT2D eigenvalue weighted by Crippen LogP contribution is 2.32. The van der Waals surface area contributed by atoms with Crippen molar-refractivity contribution in [1.82, 2.24) is 4.90 Å². The molecule has 2 N–H and O–H groups in total. The molecule has 3 unspecified atom stereocenters. The highest BCUT2D eigenvalue weighted by atomic mass is 15.2. The maximum absolute atomic E-state index is 6.21. The minimum atomic E-state index is 0.264. The molecule has 1 aliphatic heterocycles. The topological polar surface area (TPSA) is 29.3 Å². The molecular formula is C17H28N2. The van der Waals surface area contributed by atoms with Crippen molar-refractivity contribution in [3.05, 3.63) is 35.4 Å². The highest BCUT2D eigenvalue weighted by Gasteiger charge is 2.30. The Hall–Kier alpha value is -0.860. The molecule has 0 bridgehead atoms. The first-order valence-electron chi connectivity index (χ1n) is 7.71. The molecule has 2 nitrogen and oxygen atoms in total. The summed E-state index contributed by atoms with van der Waals surface area (Å²) in [6.07, 6.45) is 5.05. The van der Waals surface area contributed by atoms with Crippen molar-refractivity contribution in [2.24, 2.45) is 5.73 Å². The highest BCUT2D eigenvalue weighted by molar-refractivity contribution is 5.24. The van der Waals surface area contributed by atoms with Crippen LogP contribution >= 0.6 is 0 Å². The smallest absolute Gasteiger partial charge is 0.0349 e. The van der Waals surface area contributed by atoms with Crippen molar-refractivity contribution in [3.8, 4) is 0 Å². The number of nitrogens with two attached hydrogens (primary N) is 1. The summed E-state index contributed by atoms with van der Waals surface area (Å²) in [4.78, 5) is 2.65.